The van der Waals surface area contributed by atoms with Gasteiger partial charge in [-0.1, -0.05) is 97.1 Å². The molecule has 2 aromatic heterocycles. The van der Waals surface area contributed by atoms with Crippen LogP contribution >= 0.6 is 0 Å². The van der Waals surface area contributed by atoms with Gasteiger partial charge in [0.1, 0.15) is 36.7 Å². The summed E-state index contributed by atoms with van der Waals surface area (Å²) in [7, 11) is 3.72. The maximum absolute atomic E-state index is 13.5. The first kappa shape index (κ1) is 52.8. The van der Waals surface area contributed by atoms with E-state index in [1.807, 2.05) is 132 Å². The van der Waals surface area contributed by atoms with Crippen molar-refractivity contribution in [2.75, 3.05) is 26.4 Å². The molecule has 16 nitrogen and oxygen atoms in total. The van der Waals surface area contributed by atoms with Gasteiger partial charge in [-0.25, -0.2) is 28.3 Å². The van der Waals surface area contributed by atoms with Gasteiger partial charge in [-0.05, 0) is 96.5 Å². The van der Waals surface area contributed by atoms with Gasteiger partial charge in [-0.15, -0.1) is 0 Å². The molecular formula is C56H56F2N10O6. The number of carbonyl (C=O) groups is 4. The summed E-state index contributed by atoms with van der Waals surface area (Å²) in [4.78, 5) is 68.4. The predicted octanol–water partition coefficient (Wildman–Crippen LogP) is 9.03. The van der Waals surface area contributed by atoms with Gasteiger partial charge in [0, 0.05) is 27.2 Å². The van der Waals surface area contributed by atoms with Crippen molar-refractivity contribution in [3.63, 3.8) is 0 Å². The Morgan fingerprint density at radius 3 is 1.34 bits per heavy atom. The average Bonchev–Trinajstić information content (AvgIpc) is 3.95. The number of carbonyl (C=O) groups excluding carboxylic acids is 2. The molecule has 0 spiro atoms. The van der Waals surface area contributed by atoms with Crippen LogP contribution in [-0.2, 0) is 14.1 Å². The number of nitrogens with two attached hydrogens (primary N) is 2. The maximum Gasteiger partial charge on any atom is 0.336 e. The van der Waals surface area contributed by atoms with E-state index < -0.39 is 49.2 Å². The van der Waals surface area contributed by atoms with Gasteiger partial charge < -0.3 is 41.4 Å². The summed E-state index contributed by atoms with van der Waals surface area (Å²) in [6.07, 6.45) is 1.89. The van der Waals surface area contributed by atoms with Gasteiger partial charge in [-0.2, -0.15) is 0 Å². The van der Waals surface area contributed by atoms with E-state index in [1.54, 1.807) is 18.2 Å². The van der Waals surface area contributed by atoms with Crippen molar-refractivity contribution < 1.29 is 38.2 Å². The second-order valence-corrected chi connectivity index (χ2v) is 17.2. The van der Waals surface area contributed by atoms with E-state index in [1.165, 1.54) is 18.2 Å². The highest BCUT2D eigenvalue weighted by atomic mass is 19.1. The number of hydrogen-bond donors (Lipinski definition) is 6. The van der Waals surface area contributed by atoms with Crippen LogP contribution in [0.15, 0.2) is 156 Å². The number of hydrogen-bond acceptors (Lipinski definition) is 8. The summed E-state index contributed by atoms with van der Waals surface area (Å²) in [6, 6.07) is 42.4. The molecule has 2 atom stereocenters. The molecule has 2 heterocycles. The fourth-order valence-electron chi connectivity index (χ4n) is 8.53. The summed E-state index contributed by atoms with van der Waals surface area (Å²) in [6.45, 7) is -1.06. The summed E-state index contributed by atoms with van der Waals surface area (Å²) < 4.78 is 29.1. The normalized spacial score (nSPS) is 12.4. The number of para-hydroxylation sites is 4. The first-order chi connectivity index (χ1) is 35.8. The van der Waals surface area contributed by atoms with Gasteiger partial charge in [-0.3, -0.25) is 19.6 Å². The van der Waals surface area contributed by atoms with Crippen LogP contribution in [0.4, 0.5) is 8.78 Å². The summed E-state index contributed by atoms with van der Waals surface area (Å²) in [5.74, 6) is -2.36. The van der Waals surface area contributed by atoms with Crippen molar-refractivity contribution in [3.05, 3.63) is 179 Å². The summed E-state index contributed by atoms with van der Waals surface area (Å²) in [5.41, 5.74) is 17.3. The van der Waals surface area contributed by atoms with Crippen LogP contribution in [-0.4, -0.2) is 91.2 Å². The van der Waals surface area contributed by atoms with E-state index in [2.05, 4.69) is 20.6 Å². The van der Waals surface area contributed by atoms with Crippen molar-refractivity contribution in [3.8, 4) is 22.3 Å². The molecule has 0 saturated heterocycles. The minimum atomic E-state index is -1.20. The third kappa shape index (κ3) is 12.9. The van der Waals surface area contributed by atoms with Crippen LogP contribution in [0.5, 0.6) is 0 Å². The van der Waals surface area contributed by atoms with Crippen LogP contribution in [0.3, 0.4) is 0 Å². The highest BCUT2D eigenvalue weighted by molar-refractivity contribution is 6.07. The van der Waals surface area contributed by atoms with Gasteiger partial charge in [0.2, 0.25) is 0 Å². The lowest BCUT2D eigenvalue weighted by Gasteiger charge is -2.19. The summed E-state index contributed by atoms with van der Waals surface area (Å²) >= 11 is 0. The van der Waals surface area contributed by atoms with Gasteiger partial charge in [0.15, 0.2) is 0 Å². The number of alkyl halides is 2. The zero-order valence-corrected chi connectivity index (χ0v) is 40.8. The molecule has 74 heavy (non-hydrogen) atoms. The number of carboxylic acids is 2. The Hall–Kier alpha value is -9.06. The second-order valence-electron chi connectivity index (χ2n) is 17.2. The molecule has 0 aliphatic carbocycles. The Morgan fingerprint density at radius 2 is 0.919 bits per heavy atom. The molecular weight excluding hydrogens is 947 g/mol. The highest BCUT2D eigenvalue weighted by Crippen LogP contribution is 2.29. The molecule has 8 rings (SSSR count). The quantitative estimate of drug-likeness (QED) is 0.0240. The lowest BCUT2D eigenvalue weighted by Crippen LogP contribution is -2.31. The molecule has 18 heteroatoms. The molecule has 8 aromatic rings. The molecule has 0 unspecified atom stereocenters. The third-order valence-electron chi connectivity index (χ3n) is 12.3. The number of amidine groups is 2. The summed E-state index contributed by atoms with van der Waals surface area (Å²) in [5, 5.41) is 25.6. The van der Waals surface area contributed by atoms with Gasteiger partial charge in [0.25, 0.3) is 11.8 Å². The van der Waals surface area contributed by atoms with E-state index in [0.717, 1.165) is 38.8 Å². The van der Waals surface area contributed by atoms with Crippen molar-refractivity contribution in [2.24, 2.45) is 35.5 Å². The molecule has 6 aromatic carbocycles. The molecule has 0 saturated carbocycles. The van der Waals surface area contributed by atoms with E-state index in [4.69, 9.17) is 21.4 Å². The number of imidazole rings is 2. The number of rotatable bonds is 20. The monoisotopic (exact) mass is 1000 g/mol. The number of aliphatic imine (C=N–C) groups is 2. The van der Waals surface area contributed by atoms with Crippen LogP contribution in [0.1, 0.15) is 90.8 Å². The van der Waals surface area contributed by atoms with Crippen LogP contribution in [0.25, 0.3) is 44.3 Å². The molecule has 0 aliphatic heterocycles. The lowest BCUT2D eigenvalue weighted by molar-refractivity contribution is 0.0682. The Kier molecular flexibility index (Phi) is 17.7. The maximum atomic E-state index is 13.5. The molecule has 0 radical (unpaired) electrons. The SMILES string of the molecule is Cn1c([C@H](CCCN=C(N)CF)NC(=O)c2cc(-c3ccccc3)ccc2C(=O)O)nc2ccccc21.Cn1c([C@H](CCCN=C(N)CF)NC(=O)c2ccc(-c3ccccc3)cc2C(=O)O)nc2ccccc21. The number of carboxylic acid groups (broad SMARTS) is 2. The topological polar surface area (TPSA) is 245 Å². The molecule has 380 valence electrons. The number of nitrogens with one attached hydrogen (secondary N) is 2. The molecule has 0 bridgehead atoms. The van der Waals surface area contributed by atoms with Crippen LogP contribution < -0.4 is 22.1 Å². The first-order valence-corrected chi connectivity index (χ1v) is 23.8. The standard InChI is InChI=1S/2C28H28FN5O3/c1-34-24-12-6-5-10-22(24)32-26(34)23(11-7-15-31-25(30)17-29)33-27(35)21-16-19(13-14-20(21)28(36)37)18-8-3-2-4-9-18;1-34-24-12-6-5-10-22(24)32-26(34)23(11-7-15-31-25(30)17-29)33-27(35)20-14-13-19(16-21(20)28(36)37)18-8-3-2-4-9-18/h2*2-6,8-10,12-14,16,23H,7,11,15,17H2,1H3,(H2,30,31)(H,33,35)(H,36,37)/t2*23-/m00/s1. The molecule has 8 N–H and O–H groups in total. The lowest BCUT2D eigenvalue weighted by atomic mass is 9.98. The van der Waals surface area contributed by atoms with E-state index in [-0.39, 0.29) is 47.0 Å². The van der Waals surface area contributed by atoms with E-state index >= 15 is 0 Å². The number of fused-ring (bicyclic) bond motifs is 2. The highest BCUT2D eigenvalue weighted by Gasteiger charge is 2.26. The largest absolute Gasteiger partial charge is 0.478 e. The minimum Gasteiger partial charge on any atom is -0.478 e. The number of aryl methyl sites for hydroxylation is 2. The smallest absolute Gasteiger partial charge is 0.336 e. The fourth-order valence-corrected chi connectivity index (χ4v) is 8.53. The Labute approximate surface area is 425 Å². The average molecular weight is 1000 g/mol. The number of aromatic carboxylic acids is 2. The van der Waals surface area contributed by atoms with Crippen molar-refractivity contribution in [1.82, 2.24) is 29.7 Å². The number of halogens is 2. The first-order valence-electron chi connectivity index (χ1n) is 23.8. The minimum absolute atomic E-state index is 0.0515. The number of amides is 2. The Morgan fingerprint density at radius 1 is 0.527 bits per heavy atom. The fraction of sp³-hybridized carbons (Fsp3) is 0.214. The second kappa shape index (κ2) is 24.9. The van der Waals surface area contributed by atoms with Crippen molar-refractivity contribution in [2.45, 2.75) is 37.8 Å². The van der Waals surface area contributed by atoms with Crippen molar-refractivity contribution >= 4 is 57.5 Å². The van der Waals surface area contributed by atoms with Crippen molar-refractivity contribution in [1.29, 1.82) is 0 Å². The van der Waals surface area contributed by atoms with E-state index in [9.17, 15) is 38.2 Å². The Balaban J connectivity index is 0.000000216. The van der Waals surface area contributed by atoms with Crippen LogP contribution in [0, 0.1) is 0 Å². The molecule has 2 amide bonds. The van der Waals surface area contributed by atoms with E-state index in [0.29, 0.717) is 42.9 Å². The molecule has 0 aliphatic rings. The Bertz CT molecular complexity index is 3340. The van der Waals surface area contributed by atoms with Crippen LogP contribution in [0.2, 0.25) is 0 Å². The zero-order valence-electron chi connectivity index (χ0n) is 40.8. The third-order valence-corrected chi connectivity index (χ3v) is 12.3. The molecule has 0 fully saturated rings. The van der Waals surface area contributed by atoms with Gasteiger partial charge >= 0.3 is 11.9 Å². The zero-order chi connectivity index (χ0) is 52.7. The number of aromatic nitrogens is 4. The number of nitrogens with zero attached hydrogens (tertiary/aromatic N) is 6. The van der Waals surface area contributed by atoms with Gasteiger partial charge in [0.05, 0.1) is 56.4 Å². The number of benzene rings is 6. The predicted molar refractivity (Wildman–Crippen MR) is 283 cm³/mol.